The number of nitrogens with zero attached hydrogens (tertiary/aromatic N) is 4. The predicted octanol–water partition coefficient (Wildman–Crippen LogP) is 0.804. The summed E-state index contributed by atoms with van der Waals surface area (Å²) in [5.41, 5.74) is 0. The minimum atomic E-state index is -0.327. The van der Waals surface area contributed by atoms with Crippen molar-refractivity contribution in [2.45, 2.75) is 44.4 Å². The second kappa shape index (κ2) is 6.70. The monoisotopic (exact) mass is 278 g/mol. The molecule has 20 heavy (non-hydrogen) atoms. The molecule has 1 aromatic rings. The van der Waals surface area contributed by atoms with Gasteiger partial charge in [0.05, 0.1) is 12.6 Å². The normalized spacial score (nSPS) is 26.9. The molecule has 2 atom stereocenters. The van der Waals surface area contributed by atoms with E-state index in [1.54, 1.807) is 6.20 Å². The van der Waals surface area contributed by atoms with E-state index >= 15 is 0 Å². The maximum absolute atomic E-state index is 10.2. The summed E-state index contributed by atoms with van der Waals surface area (Å²) >= 11 is 0. The molecule has 3 rings (SSSR count). The quantitative estimate of drug-likeness (QED) is 0.865. The van der Waals surface area contributed by atoms with E-state index in [-0.39, 0.29) is 6.10 Å². The van der Waals surface area contributed by atoms with Crippen molar-refractivity contribution in [2.75, 3.05) is 32.7 Å². The van der Waals surface area contributed by atoms with E-state index in [0.717, 1.165) is 19.6 Å². The summed E-state index contributed by atoms with van der Waals surface area (Å²) in [5, 5.41) is 14.4. The molecule has 5 nitrogen and oxygen atoms in total. The van der Waals surface area contributed by atoms with Crippen molar-refractivity contribution >= 4 is 0 Å². The van der Waals surface area contributed by atoms with Crippen LogP contribution in [0.3, 0.4) is 0 Å². The Kier molecular flexibility index (Phi) is 4.70. The maximum atomic E-state index is 10.2. The van der Waals surface area contributed by atoms with Crippen LogP contribution in [0, 0.1) is 0 Å². The topological polar surface area (TPSA) is 44.5 Å². The molecule has 1 N–H and O–H groups in total. The molecule has 0 amide bonds. The fourth-order valence-corrected chi connectivity index (χ4v) is 3.58. The van der Waals surface area contributed by atoms with Crippen LogP contribution in [-0.4, -0.2) is 69.6 Å². The van der Waals surface area contributed by atoms with Crippen LogP contribution in [0.5, 0.6) is 0 Å². The van der Waals surface area contributed by atoms with Gasteiger partial charge in [-0.25, -0.2) is 0 Å². The summed E-state index contributed by atoms with van der Waals surface area (Å²) in [6, 6.07) is 2.61. The summed E-state index contributed by atoms with van der Waals surface area (Å²) in [7, 11) is 0. The number of likely N-dealkylation sites (tertiary alicyclic amines) is 2. The second-order valence-electron chi connectivity index (χ2n) is 6.18. The van der Waals surface area contributed by atoms with Gasteiger partial charge in [-0.1, -0.05) is 0 Å². The minimum absolute atomic E-state index is 0.327. The summed E-state index contributed by atoms with van der Waals surface area (Å²) in [4.78, 5) is 5.08. The zero-order valence-electron chi connectivity index (χ0n) is 12.2. The number of hydrogen-bond acceptors (Lipinski definition) is 4. The standard InChI is InChI=1S/C15H26N4O/c20-15(13-19-10-4-6-16-19)12-17-7-3-5-14(11-17)18-8-1-2-9-18/h4,6,10,14-15,20H,1-3,5,7-9,11-13H2. The van der Waals surface area contributed by atoms with E-state index in [4.69, 9.17) is 0 Å². The van der Waals surface area contributed by atoms with E-state index < -0.39 is 0 Å². The van der Waals surface area contributed by atoms with Gasteiger partial charge in [-0.15, -0.1) is 0 Å². The molecule has 5 heteroatoms. The molecule has 2 aliphatic heterocycles. The van der Waals surface area contributed by atoms with Gasteiger partial charge < -0.3 is 5.11 Å². The van der Waals surface area contributed by atoms with Crippen molar-refractivity contribution in [1.82, 2.24) is 19.6 Å². The molecule has 0 spiro atoms. The average molecular weight is 278 g/mol. The summed E-state index contributed by atoms with van der Waals surface area (Å²) < 4.78 is 1.81. The van der Waals surface area contributed by atoms with Crippen LogP contribution in [0.2, 0.25) is 0 Å². The molecule has 112 valence electrons. The van der Waals surface area contributed by atoms with Crippen LogP contribution in [-0.2, 0) is 6.54 Å². The van der Waals surface area contributed by atoms with Gasteiger partial charge >= 0.3 is 0 Å². The predicted molar refractivity (Wildman–Crippen MR) is 78.5 cm³/mol. The fraction of sp³-hybridized carbons (Fsp3) is 0.800. The van der Waals surface area contributed by atoms with Crippen LogP contribution in [0.4, 0.5) is 0 Å². The highest BCUT2D eigenvalue weighted by Gasteiger charge is 2.27. The first kappa shape index (κ1) is 14.0. The zero-order valence-corrected chi connectivity index (χ0v) is 12.2. The van der Waals surface area contributed by atoms with E-state index in [1.807, 2.05) is 16.9 Å². The molecule has 2 unspecified atom stereocenters. The van der Waals surface area contributed by atoms with Gasteiger partial charge in [-0.3, -0.25) is 14.5 Å². The van der Waals surface area contributed by atoms with Crippen molar-refractivity contribution in [1.29, 1.82) is 0 Å². The highest BCUT2D eigenvalue weighted by atomic mass is 16.3. The van der Waals surface area contributed by atoms with Gasteiger partial charge in [0.2, 0.25) is 0 Å². The van der Waals surface area contributed by atoms with Crippen LogP contribution in [0.1, 0.15) is 25.7 Å². The Hall–Kier alpha value is -0.910. The number of aliphatic hydroxyl groups excluding tert-OH is 1. The van der Waals surface area contributed by atoms with Crippen LogP contribution in [0.25, 0.3) is 0 Å². The first-order chi connectivity index (χ1) is 9.81. The molecule has 0 aliphatic carbocycles. The highest BCUT2D eigenvalue weighted by molar-refractivity contribution is 4.84. The lowest BCUT2D eigenvalue weighted by Crippen LogP contribution is -2.49. The lowest BCUT2D eigenvalue weighted by atomic mass is 10.0. The van der Waals surface area contributed by atoms with E-state index in [9.17, 15) is 5.11 Å². The summed E-state index contributed by atoms with van der Waals surface area (Å²) in [6.07, 6.45) is 8.65. The molecule has 2 aliphatic rings. The molecule has 0 saturated carbocycles. The minimum Gasteiger partial charge on any atom is -0.390 e. The van der Waals surface area contributed by atoms with E-state index in [2.05, 4.69) is 14.9 Å². The highest BCUT2D eigenvalue weighted by Crippen LogP contribution is 2.20. The third-order valence-corrected chi connectivity index (χ3v) is 4.56. The van der Waals surface area contributed by atoms with E-state index in [1.165, 1.54) is 38.8 Å². The number of aromatic nitrogens is 2. The largest absolute Gasteiger partial charge is 0.390 e. The Morgan fingerprint density at radius 1 is 1.15 bits per heavy atom. The van der Waals surface area contributed by atoms with Crippen LogP contribution < -0.4 is 0 Å². The van der Waals surface area contributed by atoms with Gasteiger partial charge in [0.15, 0.2) is 0 Å². The first-order valence-electron chi connectivity index (χ1n) is 7.93. The summed E-state index contributed by atoms with van der Waals surface area (Å²) in [6.45, 7) is 6.15. The number of aliphatic hydroxyl groups is 1. The smallest absolute Gasteiger partial charge is 0.0862 e. The molecule has 2 fully saturated rings. The van der Waals surface area contributed by atoms with Crippen molar-refractivity contribution in [2.24, 2.45) is 0 Å². The molecular weight excluding hydrogens is 252 g/mol. The Bertz CT molecular complexity index is 389. The van der Waals surface area contributed by atoms with Crippen LogP contribution in [0.15, 0.2) is 18.5 Å². The molecular formula is C15H26N4O. The van der Waals surface area contributed by atoms with Crippen molar-refractivity contribution in [3.8, 4) is 0 Å². The van der Waals surface area contributed by atoms with E-state index in [0.29, 0.717) is 12.6 Å². The third kappa shape index (κ3) is 3.59. The lowest BCUT2D eigenvalue weighted by molar-refractivity contribution is 0.0563. The molecule has 1 aromatic heterocycles. The maximum Gasteiger partial charge on any atom is 0.0862 e. The van der Waals surface area contributed by atoms with Crippen LogP contribution >= 0.6 is 0 Å². The van der Waals surface area contributed by atoms with Gasteiger partial charge in [-0.2, -0.15) is 5.10 Å². The second-order valence-corrected chi connectivity index (χ2v) is 6.18. The lowest BCUT2D eigenvalue weighted by Gasteiger charge is -2.38. The Labute approximate surface area is 121 Å². The SMILES string of the molecule is OC(CN1CCCC(N2CCCC2)C1)Cn1cccn1. The molecule has 0 aromatic carbocycles. The molecule has 0 bridgehead atoms. The molecule has 3 heterocycles. The van der Waals surface area contributed by atoms with Gasteiger partial charge in [-0.05, 0) is 51.4 Å². The molecule has 0 radical (unpaired) electrons. The van der Waals surface area contributed by atoms with Crippen molar-refractivity contribution in [3.05, 3.63) is 18.5 Å². The van der Waals surface area contributed by atoms with Gasteiger partial charge in [0.25, 0.3) is 0 Å². The molecule has 2 saturated heterocycles. The fourth-order valence-electron chi connectivity index (χ4n) is 3.58. The van der Waals surface area contributed by atoms with Gasteiger partial charge in [0, 0.05) is 31.5 Å². The Morgan fingerprint density at radius 3 is 2.75 bits per heavy atom. The number of piperidine rings is 1. The number of hydrogen-bond donors (Lipinski definition) is 1. The van der Waals surface area contributed by atoms with Crippen molar-refractivity contribution in [3.63, 3.8) is 0 Å². The first-order valence-corrected chi connectivity index (χ1v) is 7.93. The number of β-amino-alcohol motifs (C(OH)–C–C–N with tert-alkyl or cyclic N) is 1. The Morgan fingerprint density at radius 2 is 2.00 bits per heavy atom. The number of rotatable bonds is 5. The Balaban J connectivity index is 1.46. The third-order valence-electron chi connectivity index (χ3n) is 4.56. The van der Waals surface area contributed by atoms with Gasteiger partial charge in [0.1, 0.15) is 0 Å². The summed E-state index contributed by atoms with van der Waals surface area (Å²) in [5.74, 6) is 0. The zero-order chi connectivity index (χ0) is 13.8. The average Bonchev–Trinajstić information content (AvgIpc) is 3.11. The van der Waals surface area contributed by atoms with Crippen molar-refractivity contribution < 1.29 is 5.11 Å².